The second kappa shape index (κ2) is 4.61. The van der Waals surface area contributed by atoms with Crippen LogP contribution in [-0.4, -0.2) is 42.1 Å². The average molecular weight is 237 g/mol. The maximum Gasteiger partial charge on any atom is 0.236 e. The number of anilines is 1. The van der Waals surface area contributed by atoms with Crippen LogP contribution >= 0.6 is 0 Å². The fraction of sp³-hybridized carbons (Fsp3) is 0.615. The summed E-state index contributed by atoms with van der Waals surface area (Å²) in [4.78, 5) is 8.33. The summed E-state index contributed by atoms with van der Waals surface area (Å²) in [5.41, 5.74) is 1.35. The Balaban J connectivity index is 2.27. The summed E-state index contributed by atoms with van der Waals surface area (Å²) in [5.74, 6) is -0.353. The Hall–Kier alpha value is -1.16. The molecule has 1 aromatic rings. The minimum absolute atomic E-state index is 0.315. The molecule has 2 unspecified atom stereocenters. The van der Waals surface area contributed by atoms with Crippen molar-refractivity contribution in [2.75, 3.05) is 25.0 Å². The van der Waals surface area contributed by atoms with Gasteiger partial charge < -0.3 is 4.90 Å². The molecule has 0 N–H and O–H groups in total. The lowest BCUT2D eigenvalue weighted by Gasteiger charge is -2.43. The predicted octanol–water partition coefficient (Wildman–Crippen LogP) is 2.06. The highest BCUT2D eigenvalue weighted by Crippen LogP contribution is 2.24. The number of likely N-dealkylation sites (N-methyl/N-ethyl adjacent to an activating group) is 1. The fourth-order valence-electron chi connectivity index (χ4n) is 2.37. The quantitative estimate of drug-likeness (QED) is 0.697. The predicted molar refractivity (Wildman–Crippen MR) is 67.8 cm³/mol. The topological polar surface area (TPSA) is 19.4 Å². The molecule has 4 heteroatoms. The Labute approximate surface area is 102 Å². The van der Waals surface area contributed by atoms with E-state index in [1.54, 1.807) is 0 Å². The van der Waals surface area contributed by atoms with Gasteiger partial charge in [0.05, 0.1) is 5.69 Å². The first-order valence-electron chi connectivity index (χ1n) is 6.09. The summed E-state index contributed by atoms with van der Waals surface area (Å²) in [7, 11) is 2.11. The van der Waals surface area contributed by atoms with Gasteiger partial charge in [0.2, 0.25) is 5.95 Å². The Kier molecular flexibility index (Phi) is 3.33. The molecular formula is C13H20FN3. The monoisotopic (exact) mass is 237 g/mol. The summed E-state index contributed by atoms with van der Waals surface area (Å²) >= 11 is 0. The molecule has 2 heterocycles. The third kappa shape index (κ3) is 2.41. The number of halogens is 1. The molecule has 0 radical (unpaired) electrons. The average Bonchev–Trinajstić information content (AvgIpc) is 2.24. The lowest BCUT2D eigenvalue weighted by molar-refractivity contribution is 0.205. The summed E-state index contributed by atoms with van der Waals surface area (Å²) in [6.45, 7) is 7.90. The minimum atomic E-state index is -0.353. The fourth-order valence-corrected chi connectivity index (χ4v) is 2.37. The van der Waals surface area contributed by atoms with Gasteiger partial charge in [0, 0.05) is 30.9 Å². The normalized spacial score (nSPS) is 26.3. The van der Waals surface area contributed by atoms with Crippen molar-refractivity contribution in [2.24, 2.45) is 0 Å². The van der Waals surface area contributed by atoms with Gasteiger partial charge in [-0.25, -0.2) is 4.98 Å². The van der Waals surface area contributed by atoms with Gasteiger partial charge in [-0.2, -0.15) is 4.39 Å². The zero-order valence-electron chi connectivity index (χ0n) is 10.9. The van der Waals surface area contributed by atoms with E-state index in [4.69, 9.17) is 0 Å². The van der Waals surface area contributed by atoms with Crippen LogP contribution in [0.25, 0.3) is 0 Å². The molecule has 17 heavy (non-hydrogen) atoms. The summed E-state index contributed by atoms with van der Waals surface area (Å²) < 4.78 is 13.9. The minimum Gasteiger partial charge on any atom is -0.362 e. The first-order chi connectivity index (χ1) is 7.99. The highest BCUT2D eigenvalue weighted by Gasteiger charge is 2.28. The maximum absolute atomic E-state index is 13.9. The second-order valence-corrected chi connectivity index (χ2v) is 5.05. The maximum atomic E-state index is 13.9. The van der Waals surface area contributed by atoms with E-state index in [9.17, 15) is 4.39 Å². The summed E-state index contributed by atoms with van der Waals surface area (Å²) in [6.07, 6.45) is 0. The van der Waals surface area contributed by atoms with Crippen LogP contribution in [0.3, 0.4) is 0 Å². The van der Waals surface area contributed by atoms with Crippen molar-refractivity contribution in [3.05, 3.63) is 23.8 Å². The van der Waals surface area contributed by atoms with Crippen LogP contribution in [0.5, 0.6) is 0 Å². The highest BCUT2D eigenvalue weighted by atomic mass is 19.1. The van der Waals surface area contributed by atoms with Crippen molar-refractivity contribution < 1.29 is 4.39 Å². The number of hydrogen-bond acceptors (Lipinski definition) is 3. The molecule has 0 aromatic carbocycles. The Morgan fingerprint density at radius 2 is 1.94 bits per heavy atom. The van der Waals surface area contributed by atoms with E-state index in [0.717, 1.165) is 18.8 Å². The van der Waals surface area contributed by atoms with Crippen LogP contribution in [-0.2, 0) is 0 Å². The molecule has 0 spiro atoms. The van der Waals surface area contributed by atoms with Crippen LogP contribution in [0.15, 0.2) is 12.1 Å². The van der Waals surface area contributed by atoms with Gasteiger partial charge in [0.1, 0.15) is 0 Å². The third-order valence-electron chi connectivity index (χ3n) is 3.58. The molecule has 1 aliphatic heterocycles. The first-order valence-corrected chi connectivity index (χ1v) is 6.09. The Morgan fingerprint density at radius 1 is 1.24 bits per heavy atom. The lowest BCUT2D eigenvalue weighted by Crippen LogP contribution is -2.55. The van der Waals surface area contributed by atoms with E-state index in [0.29, 0.717) is 17.8 Å². The van der Waals surface area contributed by atoms with Crippen LogP contribution < -0.4 is 4.90 Å². The Bertz CT molecular complexity index is 408. The van der Waals surface area contributed by atoms with E-state index in [1.165, 1.54) is 0 Å². The number of piperazine rings is 1. The van der Waals surface area contributed by atoms with E-state index < -0.39 is 0 Å². The van der Waals surface area contributed by atoms with Crippen molar-refractivity contribution in [2.45, 2.75) is 32.9 Å². The smallest absolute Gasteiger partial charge is 0.236 e. The van der Waals surface area contributed by atoms with Gasteiger partial charge in [-0.15, -0.1) is 0 Å². The molecular weight excluding hydrogens is 217 g/mol. The standard InChI is InChI=1S/C13H20FN3/c1-9-5-6-12(13(14)15-9)17-8-10(2)16(4)7-11(17)3/h5-6,10-11H,7-8H2,1-4H3. The van der Waals surface area contributed by atoms with E-state index >= 15 is 0 Å². The molecule has 94 valence electrons. The molecule has 0 aliphatic carbocycles. The van der Waals surface area contributed by atoms with E-state index in [2.05, 4.69) is 35.7 Å². The van der Waals surface area contributed by atoms with Gasteiger partial charge in [0.25, 0.3) is 0 Å². The zero-order chi connectivity index (χ0) is 12.6. The third-order valence-corrected chi connectivity index (χ3v) is 3.58. The number of aromatic nitrogens is 1. The van der Waals surface area contributed by atoms with Gasteiger partial charge >= 0.3 is 0 Å². The molecule has 0 bridgehead atoms. The molecule has 2 rings (SSSR count). The number of hydrogen-bond donors (Lipinski definition) is 0. The van der Waals surface area contributed by atoms with Gasteiger partial charge in [-0.1, -0.05) is 0 Å². The molecule has 0 saturated carbocycles. The molecule has 1 saturated heterocycles. The number of rotatable bonds is 1. The number of nitrogens with zero attached hydrogens (tertiary/aromatic N) is 3. The number of aryl methyl sites for hydroxylation is 1. The molecule has 0 amide bonds. The van der Waals surface area contributed by atoms with Crippen LogP contribution in [0, 0.1) is 12.9 Å². The van der Waals surface area contributed by atoms with Gasteiger partial charge in [-0.05, 0) is 40.0 Å². The van der Waals surface area contributed by atoms with Gasteiger partial charge in [-0.3, -0.25) is 4.90 Å². The largest absolute Gasteiger partial charge is 0.362 e. The van der Waals surface area contributed by atoms with Crippen LogP contribution in [0.2, 0.25) is 0 Å². The number of pyridine rings is 1. The van der Waals surface area contributed by atoms with E-state index in [1.807, 2.05) is 19.1 Å². The van der Waals surface area contributed by atoms with Gasteiger partial charge in [0.15, 0.2) is 0 Å². The van der Waals surface area contributed by atoms with E-state index in [-0.39, 0.29) is 5.95 Å². The SMILES string of the molecule is Cc1ccc(N2CC(C)N(C)CC2C)c(F)n1. The zero-order valence-corrected chi connectivity index (χ0v) is 10.9. The van der Waals surface area contributed by atoms with Crippen molar-refractivity contribution in [3.63, 3.8) is 0 Å². The van der Waals surface area contributed by atoms with Crippen molar-refractivity contribution >= 4 is 5.69 Å². The highest BCUT2D eigenvalue weighted by molar-refractivity contribution is 5.47. The van der Waals surface area contributed by atoms with Crippen LogP contribution in [0.4, 0.5) is 10.1 Å². The lowest BCUT2D eigenvalue weighted by atomic mass is 10.1. The summed E-state index contributed by atoms with van der Waals surface area (Å²) in [6, 6.07) is 4.46. The van der Waals surface area contributed by atoms with Crippen molar-refractivity contribution in [1.82, 2.24) is 9.88 Å². The molecule has 1 fully saturated rings. The van der Waals surface area contributed by atoms with Crippen molar-refractivity contribution in [1.29, 1.82) is 0 Å². The first kappa shape index (κ1) is 12.3. The second-order valence-electron chi connectivity index (χ2n) is 5.05. The molecule has 2 atom stereocenters. The summed E-state index contributed by atoms with van der Waals surface area (Å²) in [5, 5.41) is 0. The molecule has 3 nitrogen and oxygen atoms in total. The van der Waals surface area contributed by atoms with Crippen LogP contribution in [0.1, 0.15) is 19.5 Å². The molecule has 1 aromatic heterocycles. The Morgan fingerprint density at radius 3 is 2.59 bits per heavy atom. The van der Waals surface area contributed by atoms with Crippen molar-refractivity contribution in [3.8, 4) is 0 Å². The molecule has 1 aliphatic rings.